The van der Waals surface area contributed by atoms with Crippen molar-refractivity contribution in [1.82, 2.24) is 20.4 Å². The van der Waals surface area contributed by atoms with Crippen LogP contribution in [0.4, 0.5) is 5.82 Å². The van der Waals surface area contributed by atoms with Gasteiger partial charge >= 0.3 is 0 Å². The largest absolute Gasteiger partial charge is 0.373 e. The second-order valence-corrected chi connectivity index (χ2v) is 4.33. The number of hydrogen-bond acceptors (Lipinski definition) is 6. The van der Waals surface area contributed by atoms with E-state index in [1.165, 1.54) is 0 Å². The summed E-state index contributed by atoms with van der Waals surface area (Å²) >= 11 is 0. The Balaban J connectivity index is 1.82. The first-order valence-corrected chi connectivity index (χ1v) is 6.05. The van der Waals surface area contributed by atoms with Gasteiger partial charge in [0.15, 0.2) is 0 Å². The van der Waals surface area contributed by atoms with Crippen LogP contribution in [0.2, 0.25) is 0 Å². The van der Waals surface area contributed by atoms with Crippen LogP contribution >= 0.6 is 0 Å². The molecule has 3 heterocycles. The maximum atomic E-state index is 5.32. The molecule has 6 heteroatoms. The third kappa shape index (κ3) is 2.06. The van der Waals surface area contributed by atoms with Crippen LogP contribution in [-0.2, 0) is 0 Å². The molecule has 2 aromatic heterocycles. The summed E-state index contributed by atoms with van der Waals surface area (Å²) in [7, 11) is 1.83. The van der Waals surface area contributed by atoms with Gasteiger partial charge in [-0.25, -0.2) is 4.98 Å². The van der Waals surface area contributed by atoms with Crippen LogP contribution in [0.25, 0.3) is 11.4 Å². The Morgan fingerprint density at radius 1 is 1.44 bits per heavy atom. The lowest BCUT2D eigenvalue weighted by atomic mass is 10.1. The molecule has 3 rings (SSSR count). The van der Waals surface area contributed by atoms with E-state index in [1.807, 2.05) is 19.2 Å². The first-order valence-electron chi connectivity index (χ1n) is 6.05. The Hall–Kier alpha value is -1.95. The van der Waals surface area contributed by atoms with E-state index < -0.39 is 0 Å². The van der Waals surface area contributed by atoms with Crippen LogP contribution in [0.15, 0.2) is 22.9 Å². The van der Waals surface area contributed by atoms with Crippen LogP contribution in [0.1, 0.15) is 18.2 Å². The van der Waals surface area contributed by atoms with Gasteiger partial charge in [0.2, 0.25) is 11.7 Å². The summed E-state index contributed by atoms with van der Waals surface area (Å²) in [6.45, 7) is 1.93. The van der Waals surface area contributed by atoms with Crippen molar-refractivity contribution in [1.29, 1.82) is 0 Å². The molecule has 18 heavy (non-hydrogen) atoms. The van der Waals surface area contributed by atoms with Gasteiger partial charge in [-0.2, -0.15) is 4.98 Å². The molecule has 94 valence electrons. The van der Waals surface area contributed by atoms with Gasteiger partial charge in [-0.3, -0.25) is 0 Å². The molecule has 0 bridgehead atoms. The van der Waals surface area contributed by atoms with Crippen molar-refractivity contribution in [3.63, 3.8) is 0 Å². The molecule has 0 saturated carbocycles. The minimum Gasteiger partial charge on any atom is -0.373 e. The number of pyridine rings is 1. The zero-order valence-electron chi connectivity index (χ0n) is 10.2. The summed E-state index contributed by atoms with van der Waals surface area (Å²) in [6, 6.07) is 3.82. The van der Waals surface area contributed by atoms with E-state index >= 15 is 0 Å². The standard InChI is InChI=1S/C12H15N5O/c1-13-10-3-2-8(7-15-10)11-16-12(18-17-11)9-4-5-14-6-9/h2-3,7,9,14H,4-6H2,1H3,(H,13,15)/t9-/m1/s1. The number of aromatic nitrogens is 3. The summed E-state index contributed by atoms with van der Waals surface area (Å²) < 4.78 is 5.32. The van der Waals surface area contributed by atoms with Crippen LogP contribution < -0.4 is 10.6 Å². The fourth-order valence-corrected chi connectivity index (χ4v) is 2.06. The van der Waals surface area contributed by atoms with Gasteiger partial charge in [-0.1, -0.05) is 5.16 Å². The summed E-state index contributed by atoms with van der Waals surface area (Å²) in [5.74, 6) is 2.48. The van der Waals surface area contributed by atoms with E-state index in [-0.39, 0.29) is 0 Å². The number of nitrogens with one attached hydrogen (secondary N) is 2. The Labute approximate surface area is 105 Å². The number of rotatable bonds is 3. The lowest BCUT2D eigenvalue weighted by Crippen LogP contribution is -2.08. The molecule has 2 N–H and O–H groups in total. The molecule has 2 aromatic rings. The van der Waals surface area contributed by atoms with Crippen LogP contribution in [-0.4, -0.2) is 35.3 Å². The molecule has 1 aliphatic rings. The molecule has 0 unspecified atom stereocenters. The van der Waals surface area contributed by atoms with Gasteiger partial charge in [-0.05, 0) is 25.1 Å². The maximum Gasteiger partial charge on any atom is 0.231 e. The highest BCUT2D eigenvalue weighted by molar-refractivity contribution is 5.55. The molecular weight excluding hydrogens is 230 g/mol. The average Bonchev–Trinajstić information content (AvgIpc) is 3.09. The molecule has 0 amide bonds. The van der Waals surface area contributed by atoms with Crippen LogP contribution in [0.5, 0.6) is 0 Å². The minimum atomic E-state index is 0.343. The number of nitrogens with zero attached hydrogens (tertiary/aromatic N) is 3. The molecule has 0 aromatic carbocycles. The molecular formula is C12H15N5O. The van der Waals surface area contributed by atoms with Crippen molar-refractivity contribution in [3.8, 4) is 11.4 Å². The van der Waals surface area contributed by atoms with Gasteiger partial charge in [0.1, 0.15) is 5.82 Å². The summed E-state index contributed by atoms with van der Waals surface area (Å²) in [5.41, 5.74) is 0.870. The SMILES string of the molecule is CNc1ccc(-c2noc([C@@H]3CCNC3)n2)cn1. The Bertz CT molecular complexity index is 516. The van der Waals surface area contributed by atoms with Crippen molar-refractivity contribution in [2.24, 2.45) is 0 Å². The molecule has 0 radical (unpaired) electrons. The lowest BCUT2D eigenvalue weighted by Gasteiger charge is -1.99. The summed E-state index contributed by atoms with van der Waals surface area (Å²) in [4.78, 5) is 8.68. The average molecular weight is 245 g/mol. The summed E-state index contributed by atoms with van der Waals surface area (Å²) in [6.07, 6.45) is 2.80. The topological polar surface area (TPSA) is 75.9 Å². The lowest BCUT2D eigenvalue weighted by molar-refractivity contribution is 0.359. The fraction of sp³-hybridized carbons (Fsp3) is 0.417. The fourth-order valence-electron chi connectivity index (χ4n) is 2.06. The predicted octanol–water partition coefficient (Wildman–Crippen LogP) is 1.25. The Morgan fingerprint density at radius 2 is 2.39 bits per heavy atom. The van der Waals surface area contributed by atoms with Crippen molar-refractivity contribution >= 4 is 5.82 Å². The van der Waals surface area contributed by atoms with E-state index in [1.54, 1.807) is 6.20 Å². The first-order chi connectivity index (χ1) is 8.86. The van der Waals surface area contributed by atoms with Gasteiger partial charge in [0.25, 0.3) is 0 Å². The van der Waals surface area contributed by atoms with Crippen LogP contribution in [0, 0.1) is 0 Å². The van der Waals surface area contributed by atoms with Gasteiger partial charge in [-0.15, -0.1) is 0 Å². The van der Waals surface area contributed by atoms with E-state index in [9.17, 15) is 0 Å². The normalized spacial score (nSPS) is 19.1. The highest BCUT2D eigenvalue weighted by Gasteiger charge is 2.23. The molecule has 0 aliphatic carbocycles. The molecule has 1 saturated heterocycles. The molecule has 1 fully saturated rings. The predicted molar refractivity (Wildman–Crippen MR) is 67.3 cm³/mol. The van der Waals surface area contributed by atoms with Gasteiger partial charge < -0.3 is 15.2 Å². The van der Waals surface area contributed by atoms with Crippen molar-refractivity contribution in [2.75, 3.05) is 25.5 Å². The highest BCUT2D eigenvalue weighted by Crippen LogP contribution is 2.23. The second-order valence-electron chi connectivity index (χ2n) is 4.33. The molecule has 1 aliphatic heterocycles. The van der Waals surface area contributed by atoms with E-state index in [0.717, 1.165) is 30.9 Å². The smallest absolute Gasteiger partial charge is 0.231 e. The van der Waals surface area contributed by atoms with E-state index in [2.05, 4.69) is 25.8 Å². The number of anilines is 1. The quantitative estimate of drug-likeness (QED) is 0.847. The van der Waals surface area contributed by atoms with E-state index in [4.69, 9.17) is 4.52 Å². The highest BCUT2D eigenvalue weighted by atomic mass is 16.5. The Morgan fingerprint density at radius 3 is 3.06 bits per heavy atom. The van der Waals surface area contributed by atoms with Crippen molar-refractivity contribution < 1.29 is 4.52 Å². The first kappa shape index (κ1) is 11.2. The maximum absolute atomic E-state index is 5.32. The second kappa shape index (κ2) is 4.73. The monoisotopic (exact) mass is 245 g/mol. The minimum absolute atomic E-state index is 0.343. The third-order valence-electron chi connectivity index (χ3n) is 3.13. The van der Waals surface area contributed by atoms with Crippen molar-refractivity contribution in [3.05, 3.63) is 24.2 Å². The van der Waals surface area contributed by atoms with E-state index in [0.29, 0.717) is 17.6 Å². The Kier molecular flexibility index (Phi) is 2.93. The number of hydrogen-bond donors (Lipinski definition) is 2. The molecule has 6 nitrogen and oxygen atoms in total. The zero-order chi connectivity index (χ0) is 12.4. The van der Waals surface area contributed by atoms with Gasteiger partial charge in [0, 0.05) is 25.4 Å². The zero-order valence-corrected chi connectivity index (χ0v) is 10.2. The third-order valence-corrected chi connectivity index (χ3v) is 3.13. The molecule has 0 spiro atoms. The molecule has 1 atom stereocenters. The summed E-state index contributed by atoms with van der Waals surface area (Å²) in [5, 5.41) is 10.3. The van der Waals surface area contributed by atoms with Crippen LogP contribution in [0.3, 0.4) is 0 Å². The van der Waals surface area contributed by atoms with Gasteiger partial charge in [0.05, 0.1) is 5.92 Å². The van der Waals surface area contributed by atoms with Crippen molar-refractivity contribution in [2.45, 2.75) is 12.3 Å².